The monoisotopic (exact) mass is 328 g/mol. The minimum absolute atomic E-state index is 0.0799. The zero-order valence-corrected chi connectivity index (χ0v) is 11.6. The number of amides is 1. The molecule has 0 unspecified atom stereocenters. The van der Waals surface area contributed by atoms with Crippen LogP contribution >= 0.6 is 15.9 Å². The van der Waals surface area contributed by atoms with E-state index < -0.39 is 23.1 Å². The van der Waals surface area contributed by atoms with Gasteiger partial charge in [-0.15, -0.1) is 0 Å². The summed E-state index contributed by atoms with van der Waals surface area (Å²) in [4.78, 5) is 13.5. The Kier molecular flexibility index (Phi) is 4.15. The molecule has 19 heavy (non-hydrogen) atoms. The zero-order valence-electron chi connectivity index (χ0n) is 10.00. The number of carbonyl (C=O) groups excluding carboxylic acids is 1. The van der Waals surface area contributed by atoms with E-state index in [1.54, 1.807) is 0 Å². The smallest absolute Gasteiger partial charge is 0.259 e. The first kappa shape index (κ1) is 13.9. The van der Waals surface area contributed by atoms with E-state index in [4.69, 9.17) is 5.26 Å². The van der Waals surface area contributed by atoms with E-state index in [2.05, 4.69) is 22.0 Å². The van der Waals surface area contributed by atoms with Gasteiger partial charge in [-0.05, 0) is 25.0 Å². The van der Waals surface area contributed by atoms with Gasteiger partial charge in [0.15, 0.2) is 0 Å². The number of halogens is 3. The van der Waals surface area contributed by atoms with E-state index in [1.807, 2.05) is 0 Å². The van der Waals surface area contributed by atoms with Crippen LogP contribution in [0.25, 0.3) is 0 Å². The van der Waals surface area contributed by atoms with E-state index in [9.17, 15) is 13.6 Å². The SMILES string of the molecule is N#CC1CCN(C(=O)c2c(F)cc(Br)cc2F)CC1. The summed E-state index contributed by atoms with van der Waals surface area (Å²) in [5.74, 6) is -2.49. The first-order chi connectivity index (χ1) is 9.02. The number of likely N-dealkylation sites (tertiary alicyclic amines) is 1. The van der Waals surface area contributed by atoms with Crippen LogP contribution in [0, 0.1) is 28.9 Å². The Balaban J connectivity index is 2.20. The highest BCUT2D eigenvalue weighted by Crippen LogP contribution is 2.23. The van der Waals surface area contributed by atoms with Gasteiger partial charge in [-0.1, -0.05) is 15.9 Å². The molecule has 0 N–H and O–H groups in total. The molecule has 0 spiro atoms. The summed E-state index contributed by atoms with van der Waals surface area (Å²) in [6, 6.07) is 4.28. The van der Waals surface area contributed by atoms with Crippen LogP contribution in [-0.2, 0) is 0 Å². The summed E-state index contributed by atoms with van der Waals surface area (Å²) in [6.45, 7) is 0.706. The maximum absolute atomic E-state index is 13.7. The van der Waals surface area contributed by atoms with Crippen molar-refractivity contribution in [2.75, 3.05) is 13.1 Å². The van der Waals surface area contributed by atoms with Gasteiger partial charge in [0.25, 0.3) is 5.91 Å². The molecule has 1 aromatic carbocycles. The Labute approximate surface area is 117 Å². The molecule has 0 bridgehead atoms. The minimum atomic E-state index is -0.876. The topological polar surface area (TPSA) is 44.1 Å². The van der Waals surface area contributed by atoms with Gasteiger partial charge in [-0.25, -0.2) is 8.78 Å². The Bertz CT molecular complexity index is 525. The van der Waals surface area contributed by atoms with Gasteiger partial charge in [-0.2, -0.15) is 5.26 Å². The fourth-order valence-corrected chi connectivity index (χ4v) is 2.52. The van der Waals surface area contributed by atoms with E-state index in [1.165, 1.54) is 4.90 Å². The number of hydrogen-bond acceptors (Lipinski definition) is 2. The van der Waals surface area contributed by atoms with Gasteiger partial charge in [0.1, 0.15) is 17.2 Å². The number of nitriles is 1. The predicted molar refractivity (Wildman–Crippen MR) is 68.3 cm³/mol. The third kappa shape index (κ3) is 2.92. The molecule has 1 aliphatic rings. The summed E-state index contributed by atoms with van der Waals surface area (Å²) < 4.78 is 27.6. The molecule has 1 saturated heterocycles. The molecule has 6 heteroatoms. The molecule has 0 radical (unpaired) electrons. The van der Waals surface area contributed by atoms with Gasteiger partial charge in [-0.3, -0.25) is 4.79 Å². The number of rotatable bonds is 1. The highest BCUT2D eigenvalue weighted by Gasteiger charge is 2.27. The molecule has 1 aliphatic heterocycles. The fraction of sp³-hybridized carbons (Fsp3) is 0.385. The summed E-state index contributed by atoms with van der Waals surface area (Å²) in [7, 11) is 0. The molecule has 0 saturated carbocycles. The first-order valence-electron chi connectivity index (χ1n) is 5.86. The van der Waals surface area contributed by atoms with Gasteiger partial charge in [0.2, 0.25) is 0 Å². The number of benzene rings is 1. The van der Waals surface area contributed by atoms with Crippen molar-refractivity contribution in [3.8, 4) is 6.07 Å². The lowest BCUT2D eigenvalue weighted by atomic mass is 9.98. The van der Waals surface area contributed by atoms with E-state index >= 15 is 0 Å². The van der Waals surface area contributed by atoms with E-state index in [-0.39, 0.29) is 10.4 Å². The second kappa shape index (κ2) is 5.66. The summed E-state index contributed by atoms with van der Waals surface area (Å²) >= 11 is 2.97. The Morgan fingerprint density at radius 3 is 2.32 bits per heavy atom. The van der Waals surface area contributed by atoms with Crippen molar-refractivity contribution in [3.63, 3.8) is 0 Å². The molecule has 1 amide bonds. The van der Waals surface area contributed by atoms with Crippen LogP contribution in [0.4, 0.5) is 8.78 Å². The largest absolute Gasteiger partial charge is 0.338 e. The molecule has 0 aliphatic carbocycles. The standard InChI is InChI=1S/C13H11BrF2N2O/c14-9-5-10(15)12(11(16)6-9)13(19)18-3-1-8(7-17)2-4-18/h5-6,8H,1-4H2. The third-order valence-corrected chi connectivity index (χ3v) is 3.64. The molecule has 0 aromatic heterocycles. The molecule has 3 nitrogen and oxygen atoms in total. The Morgan fingerprint density at radius 2 is 1.84 bits per heavy atom. The quantitative estimate of drug-likeness (QED) is 0.795. The van der Waals surface area contributed by atoms with Gasteiger partial charge >= 0.3 is 0 Å². The predicted octanol–water partition coefficient (Wildman–Crippen LogP) is 3.10. The van der Waals surface area contributed by atoms with Crippen molar-refractivity contribution in [2.45, 2.75) is 12.8 Å². The third-order valence-electron chi connectivity index (χ3n) is 3.19. The lowest BCUT2D eigenvalue weighted by molar-refractivity contribution is 0.0697. The number of hydrogen-bond donors (Lipinski definition) is 0. The summed E-state index contributed by atoms with van der Waals surface area (Å²) in [6.07, 6.45) is 1.09. The molecule has 1 aromatic rings. The van der Waals surface area contributed by atoms with Crippen molar-refractivity contribution in [2.24, 2.45) is 5.92 Å². The average molecular weight is 329 g/mol. The van der Waals surface area contributed by atoms with Gasteiger partial charge in [0.05, 0.1) is 6.07 Å². The second-order valence-corrected chi connectivity index (χ2v) is 5.36. The van der Waals surface area contributed by atoms with Crippen LogP contribution in [0.3, 0.4) is 0 Å². The molecular formula is C13H11BrF2N2O. The van der Waals surface area contributed by atoms with Crippen molar-refractivity contribution in [1.82, 2.24) is 4.90 Å². The van der Waals surface area contributed by atoms with Gasteiger partial charge < -0.3 is 4.90 Å². The van der Waals surface area contributed by atoms with Crippen LogP contribution in [0.5, 0.6) is 0 Å². The van der Waals surface area contributed by atoms with E-state index in [0.29, 0.717) is 25.9 Å². The van der Waals surface area contributed by atoms with Crippen molar-refractivity contribution >= 4 is 21.8 Å². The molecular weight excluding hydrogens is 318 g/mol. The van der Waals surface area contributed by atoms with Crippen molar-refractivity contribution in [1.29, 1.82) is 5.26 Å². The second-order valence-electron chi connectivity index (χ2n) is 4.44. The normalized spacial score (nSPS) is 16.2. The van der Waals surface area contributed by atoms with Crippen molar-refractivity contribution in [3.05, 3.63) is 33.8 Å². The van der Waals surface area contributed by atoms with Crippen LogP contribution in [0.2, 0.25) is 0 Å². The van der Waals surface area contributed by atoms with E-state index in [0.717, 1.165) is 12.1 Å². The van der Waals surface area contributed by atoms with Crippen LogP contribution in [0.15, 0.2) is 16.6 Å². The lowest BCUT2D eigenvalue weighted by Gasteiger charge is -2.29. The highest BCUT2D eigenvalue weighted by atomic mass is 79.9. The number of piperidine rings is 1. The summed E-state index contributed by atoms with van der Waals surface area (Å²) in [5.41, 5.74) is -0.529. The zero-order chi connectivity index (χ0) is 14.0. The van der Waals surface area contributed by atoms with Crippen LogP contribution < -0.4 is 0 Å². The van der Waals surface area contributed by atoms with Crippen LogP contribution in [0.1, 0.15) is 23.2 Å². The molecule has 1 fully saturated rings. The molecule has 1 heterocycles. The number of nitrogens with zero attached hydrogens (tertiary/aromatic N) is 2. The van der Waals surface area contributed by atoms with Gasteiger partial charge in [0, 0.05) is 23.5 Å². The maximum atomic E-state index is 13.7. The van der Waals surface area contributed by atoms with Crippen LogP contribution in [-0.4, -0.2) is 23.9 Å². The molecule has 0 atom stereocenters. The minimum Gasteiger partial charge on any atom is -0.338 e. The molecule has 2 rings (SSSR count). The maximum Gasteiger partial charge on any atom is 0.259 e. The first-order valence-corrected chi connectivity index (χ1v) is 6.65. The Morgan fingerprint density at radius 1 is 1.32 bits per heavy atom. The van der Waals surface area contributed by atoms with Crippen molar-refractivity contribution < 1.29 is 13.6 Å². The fourth-order valence-electron chi connectivity index (χ4n) is 2.12. The number of carbonyl (C=O) groups is 1. The average Bonchev–Trinajstić information content (AvgIpc) is 2.37. The Hall–Kier alpha value is -1.48. The summed E-state index contributed by atoms with van der Waals surface area (Å²) in [5, 5.41) is 8.77. The highest BCUT2D eigenvalue weighted by molar-refractivity contribution is 9.10. The molecule has 100 valence electrons. The lowest BCUT2D eigenvalue weighted by Crippen LogP contribution is -2.39.